The molecule has 0 spiro atoms. The largest absolute Gasteiger partial charge is 0.479 e. The number of nitrogens with zero attached hydrogens (tertiary/aromatic N) is 1. The third-order valence-corrected chi connectivity index (χ3v) is 1.89. The Hall–Kier alpha value is -2.28. The number of rotatable bonds is 4. The van der Waals surface area contributed by atoms with Crippen molar-refractivity contribution in [3.63, 3.8) is 0 Å². The smallest absolute Gasteiger partial charge is 0.328 e. The molecule has 1 N–H and O–H groups in total. The highest BCUT2D eigenvalue weighted by molar-refractivity contribution is 5.85. The van der Waals surface area contributed by atoms with E-state index in [1.807, 2.05) is 6.92 Å². The van der Waals surface area contributed by atoms with Crippen LogP contribution >= 0.6 is 0 Å². The van der Waals surface area contributed by atoms with Gasteiger partial charge in [-0.3, -0.25) is 0 Å². The summed E-state index contributed by atoms with van der Waals surface area (Å²) in [6.45, 7) is 3.81. The number of carboxylic acids is 1. The fourth-order valence-corrected chi connectivity index (χ4v) is 1.14. The summed E-state index contributed by atoms with van der Waals surface area (Å²) in [6.07, 6.45) is 2.43. The minimum absolute atomic E-state index is 0.259. The van der Waals surface area contributed by atoms with Gasteiger partial charge in [0.1, 0.15) is 18.1 Å². The van der Waals surface area contributed by atoms with Crippen LogP contribution in [0, 0.1) is 18.8 Å². The molecule has 0 fully saturated rings. The second kappa shape index (κ2) is 6.33. The number of hydrogen-bond donors (Lipinski definition) is 1. The highest BCUT2D eigenvalue weighted by Crippen LogP contribution is 2.18. The first kappa shape index (κ1) is 12.8. The normalized spacial score (nSPS) is 9.76. The van der Waals surface area contributed by atoms with E-state index >= 15 is 0 Å². The van der Waals surface area contributed by atoms with Crippen LogP contribution in [0.1, 0.15) is 18.3 Å². The molecule has 0 amide bonds. The van der Waals surface area contributed by atoms with E-state index in [0.29, 0.717) is 11.4 Å². The van der Waals surface area contributed by atoms with Crippen molar-refractivity contribution in [1.29, 1.82) is 0 Å². The van der Waals surface area contributed by atoms with Crippen molar-refractivity contribution in [3.8, 4) is 17.6 Å². The lowest BCUT2D eigenvalue weighted by Gasteiger charge is -2.06. The van der Waals surface area contributed by atoms with Crippen LogP contribution in [0.15, 0.2) is 18.2 Å². The molecule has 0 radical (unpaired) electrons. The maximum atomic E-state index is 10.5. The Labute approximate surface area is 99.9 Å². The molecule has 1 aromatic rings. The van der Waals surface area contributed by atoms with E-state index in [1.165, 1.54) is 6.08 Å². The van der Waals surface area contributed by atoms with Gasteiger partial charge in [-0.1, -0.05) is 5.92 Å². The Morgan fingerprint density at radius 2 is 2.35 bits per heavy atom. The van der Waals surface area contributed by atoms with E-state index < -0.39 is 5.97 Å². The van der Waals surface area contributed by atoms with Crippen LogP contribution in [0.4, 0.5) is 0 Å². The van der Waals surface area contributed by atoms with E-state index in [9.17, 15) is 4.79 Å². The number of pyridine rings is 1. The van der Waals surface area contributed by atoms with E-state index in [4.69, 9.17) is 9.84 Å². The topological polar surface area (TPSA) is 59.4 Å². The Morgan fingerprint density at radius 1 is 1.59 bits per heavy atom. The van der Waals surface area contributed by atoms with Crippen LogP contribution in [0.3, 0.4) is 0 Å². The average Bonchev–Trinajstić information content (AvgIpc) is 2.29. The van der Waals surface area contributed by atoms with Gasteiger partial charge in [-0.15, -0.1) is 5.92 Å². The van der Waals surface area contributed by atoms with Gasteiger partial charge in [0.2, 0.25) is 0 Å². The standard InChI is InChI=1S/C13H13NO3/c1-3-4-9-17-12-7-5-10(2)14-11(12)6-8-13(15)16/h5-8H,9H2,1-2H3,(H,15,16). The monoisotopic (exact) mass is 231 g/mol. The number of aryl methyl sites for hydroxylation is 1. The molecule has 1 aromatic heterocycles. The Kier molecular flexibility index (Phi) is 4.77. The molecule has 0 aliphatic rings. The van der Waals surface area contributed by atoms with Gasteiger partial charge in [0, 0.05) is 11.8 Å². The predicted octanol–water partition coefficient (Wildman–Crippen LogP) is 1.89. The molecule has 0 bridgehead atoms. The number of aliphatic carboxylic acids is 1. The molecule has 0 aliphatic carbocycles. The van der Waals surface area contributed by atoms with E-state index in [0.717, 1.165) is 11.8 Å². The van der Waals surface area contributed by atoms with Crippen molar-refractivity contribution in [2.24, 2.45) is 0 Å². The number of aromatic nitrogens is 1. The zero-order valence-electron chi connectivity index (χ0n) is 9.73. The molecule has 17 heavy (non-hydrogen) atoms. The molecular formula is C13H13NO3. The summed E-state index contributed by atoms with van der Waals surface area (Å²) < 4.78 is 5.38. The lowest BCUT2D eigenvalue weighted by atomic mass is 10.2. The van der Waals surface area contributed by atoms with Crippen molar-refractivity contribution in [3.05, 3.63) is 29.6 Å². The summed E-state index contributed by atoms with van der Waals surface area (Å²) in [7, 11) is 0. The first-order valence-corrected chi connectivity index (χ1v) is 5.04. The van der Waals surface area contributed by atoms with E-state index in [2.05, 4.69) is 16.8 Å². The molecular weight excluding hydrogens is 218 g/mol. The molecule has 0 saturated heterocycles. The van der Waals surface area contributed by atoms with Crippen molar-refractivity contribution in [1.82, 2.24) is 4.98 Å². The number of hydrogen-bond acceptors (Lipinski definition) is 3. The maximum Gasteiger partial charge on any atom is 0.328 e. The molecule has 0 unspecified atom stereocenters. The minimum atomic E-state index is -1.02. The second-order valence-electron chi connectivity index (χ2n) is 3.22. The SMILES string of the molecule is CC#CCOc1ccc(C)nc1C=CC(=O)O. The van der Waals surface area contributed by atoms with Crippen molar-refractivity contribution < 1.29 is 14.6 Å². The van der Waals surface area contributed by atoms with Crippen LogP contribution in [0.25, 0.3) is 6.08 Å². The molecule has 0 atom stereocenters. The van der Waals surface area contributed by atoms with E-state index in [-0.39, 0.29) is 6.61 Å². The molecule has 0 aliphatic heterocycles. The fourth-order valence-electron chi connectivity index (χ4n) is 1.14. The van der Waals surface area contributed by atoms with Gasteiger partial charge in [0.15, 0.2) is 0 Å². The molecule has 0 saturated carbocycles. The van der Waals surface area contributed by atoms with Gasteiger partial charge in [0.25, 0.3) is 0 Å². The molecule has 0 aromatic carbocycles. The molecule has 1 rings (SSSR count). The van der Waals surface area contributed by atoms with Gasteiger partial charge in [-0.2, -0.15) is 0 Å². The Balaban J connectivity index is 2.93. The lowest BCUT2D eigenvalue weighted by Crippen LogP contribution is -1.99. The third-order valence-electron chi connectivity index (χ3n) is 1.89. The van der Waals surface area contributed by atoms with Gasteiger partial charge < -0.3 is 9.84 Å². The Bertz CT molecular complexity index is 495. The van der Waals surface area contributed by atoms with Crippen molar-refractivity contribution in [2.45, 2.75) is 13.8 Å². The lowest BCUT2D eigenvalue weighted by molar-refractivity contribution is -0.131. The van der Waals surface area contributed by atoms with E-state index in [1.54, 1.807) is 19.1 Å². The zero-order valence-corrected chi connectivity index (χ0v) is 9.73. The Morgan fingerprint density at radius 3 is 3.00 bits per heavy atom. The summed E-state index contributed by atoms with van der Waals surface area (Å²) in [5.41, 5.74) is 1.29. The first-order chi connectivity index (χ1) is 8.13. The maximum absolute atomic E-state index is 10.5. The van der Waals surface area contributed by atoms with Gasteiger partial charge >= 0.3 is 5.97 Å². The van der Waals surface area contributed by atoms with Crippen LogP contribution in [0.2, 0.25) is 0 Å². The minimum Gasteiger partial charge on any atom is -0.479 e. The van der Waals surface area contributed by atoms with Crippen LogP contribution < -0.4 is 4.74 Å². The first-order valence-electron chi connectivity index (χ1n) is 5.04. The summed E-state index contributed by atoms with van der Waals surface area (Å²) >= 11 is 0. The average molecular weight is 231 g/mol. The molecule has 88 valence electrons. The molecule has 4 heteroatoms. The summed E-state index contributed by atoms with van der Waals surface area (Å²) in [5.74, 6) is 4.98. The van der Waals surface area contributed by atoms with Gasteiger partial charge in [0.05, 0.1) is 0 Å². The predicted molar refractivity (Wildman–Crippen MR) is 64.6 cm³/mol. The quantitative estimate of drug-likeness (QED) is 0.635. The molecule has 4 nitrogen and oxygen atoms in total. The molecule has 1 heterocycles. The van der Waals surface area contributed by atoms with Crippen LogP contribution in [-0.4, -0.2) is 22.7 Å². The summed E-state index contributed by atoms with van der Waals surface area (Å²) in [6, 6.07) is 3.55. The van der Waals surface area contributed by atoms with Gasteiger partial charge in [-0.25, -0.2) is 9.78 Å². The fraction of sp³-hybridized carbons (Fsp3) is 0.231. The third kappa shape index (κ3) is 4.39. The number of ether oxygens (including phenoxy) is 1. The van der Waals surface area contributed by atoms with Gasteiger partial charge in [-0.05, 0) is 32.1 Å². The van der Waals surface area contributed by atoms with Crippen LogP contribution in [-0.2, 0) is 4.79 Å². The van der Waals surface area contributed by atoms with Crippen molar-refractivity contribution in [2.75, 3.05) is 6.61 Å². The summed E-state index contributed by atoms with van der Waals surface area (Å²) in [5, 5.41) is 8.57. The zero-order chi connectivity index (χ0) is 12.7. The highest BCUT2D eigenvalue weighted by Gasteiger charge is 2.02. The number of carbonyl (C=O) groups is 1. The highest BCUT2D eigenvalue weighted by atomic mass is 16.5. The van der Waals surface area contributed by atoms with Crippen molar-refractivity contribution >= 4 is 12.0 Å². The second-order valence-corrected chi connectivity index (χ2v) is 3.22. The van der Waals surface area contributed by atoms with Crippen LogP contribution in [0.5, 0.6) is 5.75 Å². The summed E-state index contributed by atoms with van der Waals surface area (Å²) in [4.78, 5) is 14.7. The number of carboxylic acid groups (broad SMARTS) is 1.